The van der Waals surface area contributed by atoms with Crippen molar-refractivity contribution in [2.75, 3.05) is 0 Å². The van der Waals surface area contributed by atoms with Gasteiger partial charge in [0.15, 0.2) is 0 Å². The van der Waals surface area contributed by atoms with E-state index in [2.05, 4.69) is 4.98 Å². The standard InChI is InChI=1S/C18H18N2O2/c1-12-7-8-20-17(9-12)19-15(10-18(20)21)11-22-16-6-4-5-13(2)14(16)3/h4-10H,11H2,1-3H3. The summed E-state index contributed by atoms with van der Waals surface area (Å²) in [6.45, 7) is 6.33. The predicted octanol–water partition coefficient (Wildman–Crippen LogP) is 3.20. The molecule has 1 aromatic carbocycles. The van der Waals surface area contributed by atoms with Gasteiger partial charge in [-0.15, -0.1) is 0 Å². The minimum atomic E-state index is -0.0930. The Hall–Kier alpha value is -2.62. The van der Waals surface area contributed by atoms with Gasteiger partial charge in [0.25, 0.3) is 5.56 Å². The van der Waals surface area contributed by atoms with E-state index >= 15 is 0 Å². The molecule has 0 atom stereocenters. The number of aromatic nitrogens is 2. The third-order valence-corrected chi connectivity index (χ3v) is 3.81. The van der Waals surface area contributed by atoms with Gasteiger partial charge in [-0.2, -0.15) is 0 Å². The number of rotatable bonds is 3. The number of pyridine rings is 1. The normalized spacial score (nSPS) is 10.9. The first-order valence-corrected chi connectivity index (χ1v) is 7.22. The fourth-order valence-corrected chi connectivity index (χ4v) is 2.36. The smallest absolute Gasteiger partial charge is 0.258 e. The van der Waals surface area contributed by atoms with Crippen molar-refractivity contribution in [3.63, 3.8) is 0 Å². The topological polar surface area (TPSA) is 43.6 Å². The van der Waals surface area contributed by atoms with Crippen molar-refractivity contribution in [2.45, 2.75) is 27.4 Å². The summed E-state index contributed by atoms with van der Waals surface area (Å²) in [5.41, 5.74) is 4.54. The monoisotopic (exact) mass is 294 g/mol. The predicted molar refractivity (Wildman–Crippen MR) is 86.4 cm³/mol. The number of nitrogens with zero attached hydrogens (tertiary/aromatic N) is 2. The molecule has 112 valence electrons. The van der Waals surface area contributed by atoms with Crippen molar-refractivity contribution in [2.24, 2.45) is 0 Å². The van der Waals surface area contributed by atoms with Gasteiger partial charge < -0.3 is 4.74 Å². The van der Waals surface area contributed by atoms with E-state index in [1.807, 2.05) is 51.1 Å². The molecule has 0 aliphatic carbocycles. The molecule has 0 amide bonds. The Labute approximate surface area is 129 Å². The van der Waals surface area contributed by atoms with Crippen LogP contribution >= 0.6 is 0 Å². The number of aryl methyl sites for hydroxylation is 2. The molecule has 0 radical (unpaired) electrons. The summed E-state index contributed by atoms with van der Waals surface area (Å²) in [5, 5.41) is 0. The van der Waals surface area contributed by atoms with Gasteiger partial charge in [-0.3, -0.25) is 9.20 Å². The lowest BCUT2D eigenvalue weighted by molar-refractivity contribution is 0.299. The highest BCUT2D eigenvalue weighted by Gasteiger charge is 2.06. The van der Waals surface area contributed by atoms with Crippen LogP contribution in [0, 0.1) is 20.8 Å². The van der Waals surface area contributed by atoms with Crippen LogP contribution in [0.2, 0.25) is 0 Å². The molecule has 0 aliphatic rings. The van der Waals surface area contributed by atoms with Crippen LogP contribution in [0.4, 0.5) is 0 Å². The van der Waals surface area contributed by atoms with Crippen LogP contribution in [0.15, 0.2) is 47.4 Å². The molecule has 0 unspecified atom stereocenters. The van der Waals surface area contributed by atoms with Gasteiger partial charge in [-0.25, -0.2) is 4.98 Å². The molecule has 4 nitrogen and oxygen atoms in total. The number of ether oxygens (including phenoxy) is 1. The molecule has 3 aromatic rings. The van der Waals surface area contributed by atoms with E-state index in [-0.39, 0.29) is 12.2 Å². The molecule has 2 aromatic heterocycles. The second-order valence-electron chi connectivity index (χ2n) is 5.50. The maximum Gasteiger partial charge on any atom is 0.258 e. The van der Waals surface area contributed by atoms with Gasteiger partial charge in [0.05, 0.1) is 5.69 Å². The zero-order valence-electron chi connectivity index (χ0n) is 13.0. The van der Waals surface area contributed by atoms with Gasteiger partial charge in [0.1, 0.15) is 18.0 Å². The van der Waals surface area contributed by atoms with E-state index in [0.717, 1.165) is 16.9 Å². The molecule has 0 N–H and O–H groups in total. The quantitative estimate of drug-likeness (QED) is 0.745. The van der Waals surface area contributed by atoms with E-state index in [4.69, 9.17) is 4.74 Å². The largest absolute Gasteiger partial charge is 0.487 e. The van der Waals surface area contributed by atoms with E-state index in [1.165, 1.54) is 16.0 Å². The van der Waals surface area contributed by atoms with E-state index in [0.29, 0.717) is 11.3 Å². The third kappa shape index (κ3) is 2.72. The molecule has 4 heteroatoms. The van der Waals surface area contributed by atoms with Gasteiger partial charge >= 0.3 is 0 Å². The van der Waals surface area contributed by atoms with Crippen LogP contribution in [-0.4, -0.2) is 9.38 Å². The maximum atomic E-state index is 12.1. The molecule has 22 heavy (non-hydrogen) atoms. The fourth-order valence-electron chi connectivity index (χ4n) is 2.36. The number of hydrogen-bond donors (Lipinski definition) is 0. The van der Waals surface area contributed by atoms with Crippen LogP contribution in [0.3, 0.4) is 0 Å². The Morgan fingerprint density at radius 1 is 1.14 bits per heavy atom. The molecule has 0 saturated heterocycles. The highest BCUT2D eigenvalue weighted by atomic mass is 16.5. The highest BCUT2D eigenvalue weighted by molar-refractivity contribution is 5.42. The van der Waals surface area contributed by atoms with Crippen LogP contribution in [-0.2, 0) is 6.61 Å². The summed E-state index contributed by atoms with van der Waals surface area (Å²) in [5.74, 6) is 0.825. The summed E-state index contributed by atoms with van der Waals surface area (Å²) in [6, 6.07) is 11.2. The lowest BCUT2D eigenvalue weighted by Gasteiger charge is -2.11. The van der Waals surface area contributed by atoms with Crippen molar-refractivity contribution < 1.29 is 4.74 Å². The molecule has 0 saturated carbocycles. The molecule has 0 spiro atoms. The Balaban J connectivity index is 1.91. The van der Waals surface area contributed by atoms with Crippen LogP contribution in [0.5, 0.6) is 5.75 Å². The molecule has 0 bridgehead atoms. The Morgan fingerprint density at radius 3 is 2.77 bits per heavy atom. The Kier molecular flexibility index (Phi) is 3.67. The Morgan fingerprint density at radius 2 is 1.95 bits per heavy atom. The number of fused-ring (bicyclic) bond motifs is 1. The third-order valence-electron chi connectivity index (χ3n) is 3.81. The molecule has 0 fully saturated rings. The van der Waals surface area contributed by atoms with E-state index in [1.54, 1.807) is 6.20 Å². The second kappa shape index (κ2) is 5.64. The first kappa shape index (κ1) is 14.3. The first-order valence-electron chi connectivity index (χ1n) is 7.22. The average molecular weight is 294 g/mol. The molecule has 0 aliphatic heterocycles. The van der Waals surface area contributed by atoms with Crippen LogP contribution < -0.4 is 10.3 Å². The maximum absolute atomic E-state index is 12.1. The van der Waals surface area contributed by atoms with E-state index < -0.39 is 0 Å². The lowest BCUT2D eigenvalue weighted by atomic mass is 10.1. The molecular formula is C18H18N2O2. The Bertz CT molecular complexity index is 897. The van der Waals surface area contributed by atoms with Crippen molar-refractivity contribution >= 4 is 5.65 Å². The van der Waals surface area contributed by atoms with Crippen molar-refractivity contribution in [3.8, 4) is 5.75 Å². The van der Waals surface area contributed by atoms with Crippen molar-refractivity contribution in [1.82, 2.24) is 9.38 Å². The SMILES string of the molecule is Cc1ccn2c(=O)cc(COc3cccc(C)c3C)nc2c1. The summed E-state index contributed by atoms with van der Waals surface area (Å²) in [6.07, 6.45) is 1.75. The van der Waals surface area contributed by atoms with Gasteiger partial charge in [-0.05, 0) is 55.7 Å². The van der Waals surface area contributed by atoms with Crippen LogP contribution in [0.25, 0.3) is 5.65 Å². The summed E-state index contributed by atoms with van der Waals surface area (Å²) in [4.78, 5) is 16.6. The van der Waals surface area contributed by atoms with Crippen molar-refractivity contribution in [1.29, 1.82) is 0 Å². The van der Waals surface area contributed by atoms with Gasteiger partial charge in [0.2, 0.25) is 0 Å². The van der Waals surface area contributed by atoms with Crippen LogP contribution in [0.1, 0.15) is 22.4 Å². The molecule has 3 rings (SSSR count). The van der Waals surface area contributed by atoms with Gasteiger partial charge in [-0.1, -0.05) is 12.1 Å². The van der Waals surface area contributed by atoms with Crippen molar-refractivity contribution in [3.05, 3.63) is 75.3 Å². The summed E-state index contributed by atoms with van der Waals surface area (Å²) < 4.78 is 7.36. The lowest BCUT2D eigenvalue weighted by Crippen LogP contribution is -2.16. The molecule has 2 heterocycles. The average Bonchev–Trinajstić information content (AvgIpc) is 2.48. The minimum absolute atomic E-state index is 0.0930. The first-order chi connectivity index (χ1) is 10.5. The zero-order valence-corrected chi connectivity index (χ0v) is 13.0. The second-order valence-corrected chi connectivity index (χ2v) is 5.50. The minimum Gasteiger partial charge on any atom is -0.487 e. The fraction of sp³-hybridized carbons (Fsp3) is 0.222. The summed E-state index contributed by atoms with van der Waals surface area (Å²) in [7, 11) is 0. The highest BCUT2D eigenvalue weighted by Crippen LogP contribution is 2.21. The summed E-state index contributed by atoms with van der Waals surface area (Å²) >= 11 is 0. The number of benzene rings is 1. The molecular weight excluding hydrogens is 276 g/mol. The zero-order chi connectivity index (χ0) is 15.7. The van der Waals surface area contributed by atoms with E-state index in [9.17, 15) is 4.79 Å². The number of hydrogen-bond acceptors (Lipinski definition) is 3. The van der Waals surface area contributed by atoms with Gasteiger partial charge in [0, 0.05) is 12.3 Å².